The average Bonchev–Trinajstić information content (AvgIpc) is 2.40. The van der Waals surface area contributed by atoms with E-state index in [-0.39, 0.29) is 21.9 Å². The Hall–Kier alpha value is -2.14. The molecule has 2 aromatic carbocycles. The van der Waals surface area contributed by atoms with E-state index < -0.39 is 17.5 Å². The first kappa shape index (κ1) is 13.8. The van der Waals surface area contributed by atoms with Gasteiger partial charge in [0.2, 0.25) is 0 Å². The summed E-state index contributed by atoms with van der Waals surface area (Å²) in [4.78, 5) is 8.12. The zero-order valence-electron chi connectivity index (χ0n) is 10.8. The third kappa shape index (κ3) is 2.45. The molecule has 0 aliphatic heterocycles. The largest absolute Gasteiger partial charge is 0.225 e. The molecule has 6 heteroatoms. The van der Waals surface area contributed by atoms with Gasteiger partial charge in [0.05, 0.1) is 0 Å². The second-order valence-corrected chi connectivity index (χ2v) is 4.94. The topological polar surface area (TPSA) is 25.8 Å². The second-order valence-electron chi connectivity index (χ2n) is 4.58. The van der Waals surface area contributed by atoms with Gasteiger partial charge in [0.15, 0.2) is 11.6 Å². The van der Waals surface area contributed by atoms with Crippen LogP contribution in [0, 0.1) is 24.4 Å². The monoisotopic (exact) mass is 308 g/mol. The Morgan fingerprint density at radius 2 is 1.71 bits per heavy atom. The van der Waals surface area contributed by atoms with Gasteiger partial charge in [-0.1, -0.05) is 11.6 Å². The van der Waals surface area contributed by atoms with E-state index in [0.29, 0.717) is 11.1 Å². The minimum atomic E-state index is -0.824. The minimum Gasteiger partial charge on any atom is -0.225 e. The maximum atomic E-state index is 13.8. The summed E-state index contributed by atoms with van der Waals surface area (Å²) in [7, 11) is 0. The Labute approximate surface area is 123 Å². The minimum absolute atomic E-state index is 0.0582. The zero-order valence-corrected chi connectivity index (χ0v) is 11.5. The highest BCUT2D eigenvalue weighted by atomic mass is 35.5. The van der Waals surface area contributed by atoms with Gasteiger partial charge in [-0.2, -0.15) is 0 Å². The molecule has 0 amide bonds. The lowest BCUT2D eigenvalue weighted by Crippen LogP contribution is -1.97. The highest BCUT2D eigenvalue weighted by Gasteiger charge is 2.14. The van der Waals surface area contributed by atoms with Gasteiger partial charge in [-0.25, -0.2) is 23.1 Å². The SMILES string of the molecule is Cc1cc(F)ccc1-c1nc(Cl)c2cc(F)cc(F)c2n1. The molecule has 0 saturated carbocycles. The van der Waals surface area contributed by atoms with Crippen molar-refractivity contribution in [3.05, 3.63) is 58.5 Å². The molecule has 1 heterocycles. The molecule has 0 atom stereocenters. The van der Waals surface area contributed by atoms with Crippen molar-refractivity contribution in [2.75, 3.05) is 0 Å². The molecule has 0 N–H and O–H groups in total. The van der Waals surface area contributed by atoms with Crippen molar-refractivity contribution < 1.29 is 13.2 Å². The van der Waals surface area contributed by atoms with E-state index in [2.05, 4.69) is 9.97 Å². The number of fused-ring (bicyclic) bond motifs is 1. The fourth-order valence-corrected chi connectivity index (χ4v) is 2.34. The number of hydrogen-bond acceptors (Lipinski definition) is 2. The van der Waals surface area contributed by atoms with Gasteiger partial charge in [0.25, 0.3) is 0 Å². The van der Waals surface area contributed by atoms with Crippen LogP contribution in [0.15, 0.2) is 30.3 Å². The van der Waals surface area contributed by atoms with Crippen molar-refractivity contribution >= 4 is 22.5 Å². The van der Waals surface area contributed by atoms with Gasteiger partial charge >= 0.3 is 0 Å². The zero-order chi connectivity index (χ0) is 15.1. The third-order valence-electron chi connectivity index (χ3n) is 3.10. The Kier molecular flexibility index (Phi) is 3.29. The van der Waals surface area contributed by atoms with Gasteiger partial charge in [-0.3, -0.25) is 0 Å². The smallest absolute Gasteiger partial charge is 0.161 e. The third-order valence-corrected chi connectivity index (χ3v) is 3.39. The molecule has 0 aliphatic rings. The second kappa shape index (κ2) is 5.00. The lowest BCUT2D eigenvalue weighted by Gasteiger charge is -2.08. The van der Waals surface area contributed by atoms with Crippen LogP contribution < -0.4 is 0 Å². The first-order valence-corrected chi connectivity index (χ1v) is 6.42. The molecule has 106 valence electrons. The highest BCUT2D eigenvalue weighted by Crippen LogP contribution is 2.28. The van der Waals surface area contributed by atoms with E-state index in [0.717, 1.165) is 12.1 Å². The number of hydrogen-bond donors (Lipinski definition) is 0. The van der Waals surface area contributed by atoms with Crippen molar-refractivity contribution in [2.45, 2.75) is 6.92 Å². The predicted octanol–water partition coefficient (Wildman–Crippen LogP) is 4.68. The van der Waals surface area contributed by atoms with Crippen LogP contribution in [0.2, 0.25) is 5.15 Å². The molecule has 0 saturated heterocycles. The summed E-state index contributed by atoms with van der Waals surface area (Å²) in [5.74, 6) is -1.81. The Bertz CT molecular complexity index is 865. The number of benzene rings is 2. The molecule has 2 nitrogen and oxygen atoms in total. The molecule has 3 rings (SSSR count). The number of aryl methyl sites for hydroxylation is 1. The fourth-order valence-electron chi connectivity index (χ4n) is 2.12. The first-order chi connectivity index (χ1) is 9.95. The summed E-state index contributed by atoms with van der Waals surface area (Å²) in [6, 6.07) is 5.86. The molecule has 3 aromatic rings. The van der Waals surface area contributed by atoms with Crippen molar-refractivity contribution in [3.63, 3.8) is 0 Å². The van der Waals surface area contributed by atoms with Crippen molar-refractivity contribution in [1.29, 1.82) is 0 Å². The normalized spacial score (nSPS) is 11.1. The summed E-state index contributed by atoms with van der Waals surface area (Å²) in [5, 5.41) is 0.0369. The summed E-state index contributed by atoms with van der Waals surface area (Å²) in [6.07, 6.45) is 0. The van der Waals surface area contributed by atoms with Crippen LogP contribution in [-0.2, 0) is 0 Å². The Morgan fingerprint density at radius 3 is 2.43 bits per heavy atom. The van der Waals surface area contributed by atoms with Crippen LogP contribution in [-0.4, -0.2) is 9.97 Å². The molecular formula is C15H8ClF3N2. The maximum absolute atomic E-state index is 13.8. The van der Waals surface area contributed by atoms with Gasteiger partial charge in [0, 0.05) is 17.0 Å². The average molecular weight is 309 g/mol. The molecule has 0 radical (unpaired) electrons. The van der Waals surface area contributed by atoms with Gasteiger partial charge in [-0.05, 0) is 36.8 Å². The summed E-state index contributed by atoms with van der Waals surface area (Å²) in [6.45, 7) is 1.68. The van der Waals surface area contributed by atoms with Crippen LogP contribution in [0.3, 0.4) is 0 Å². The van der Waals surface area contributed by atoms with Crippen molar-refractivity contribution in [2.24, 2.45) is 0 Å². The molecule has 21 heavy (non-hydrogen) atoms. The van der Waals surface area contributed by atoms with Gasteiger partial charge < -0.3 is 0 Å². The maximum Gasteiger partial charge on any atom is 0.161 e. The van der Waals surface area contributed by atoms with E-state index in [1.807, 2.05) is 0 Å². The molecule has 0 spiro atoms. The lowest BCUT2D eigenvalue weighted by molar-refractivity contribution is 0.590. The quantitative estimate of drug-likeness (QED) is 0.610. The molecule has 1 aromatic heterocycles. The number of rotatable bonds is 1. The highest BCUT2D eigenvalue weighted by molar-refractivity contribution is 6.34. The standard InChI is InChI=1S/C15H8ClF3N2/c1-7-4-8(17)2-3-10(7)15-20-13-11(14(16)21-15)5-9(18)6-12(13)19/h2-6H,1H3. The van der Waals surface area contributed by atoms with Crippen LogP contribution in [0.25, 0.3) is 22.3 Å². The number of nitrogens with zero attached hydrogens (tertiary/aromatic N) is 2. The van der Waals surface area contributed by atoms with E-state index in [1.165, 1.54) is 18.2 Å². The van der Waals surface area contributed by atoms with Gasteiger partial charge in [0.1, 0.15) is 22.3 Å². The number of halogens is 4. The number of aromatic nitrogens is 2. The summed E-state index contributed by atoms with van der Waals surface area (Å²) < 4.78 is 40.2. The van der Waals surface area contributed by atoms with Crippen molar-refractivity contribution in [3.8, 4) is 11.4 Å². The predicted molar refractivity (Wildman–Crippen MR) is 74.6 cm³/mol. The Balaban J connectivity index is 2.30. The Morgan fingerprint density at radius 1 is 0.952 bits per heavy atom. The summed E-state index contributed by atoms with van der Waals surface area (Å²) >= 11 is 5.98. The van der Waals surface area contributed by atoms with E-state index in [1.54, 1.807) is 6.92 Å². The molecular weight excluding hydrogens is 301 g/mol. The van der Waals surface area contributed by atoms with Crippen LogP contribution in [0.1, 0.15) is 5.56 Å². The van der Waals surface area contributed by atoms with Gasteiger partial charge in [-0.15, -0.1) is 0 Å². The van der Waals surface area contributed by atoms with E-state index in [4.69, 9.17) is 11.6 Å². The van der Waals surface area contributed by atoms with Crippen LogP contribution in [0.5, 0.6) is 0 Å². The molecule has 0 unspecified atom stereocenters. The van der Waals surface area contributed by atoms with E-state index in [9.17, 15) is 13.2 Å². The van der Waals surface area contributed by atoms with Crippen LogP contribution >= 0.6 is 11.6 Å². The van der Waals surface area contributed by atoms with Crippen LogP contribution in [0.4, 0.5) is 13.2 Å². The van der Waals surface area contributed by atoms with Crippen molar-refractivity contribution in [1.82, 2.24) is 9.97 Å². The molecule has 0 aliphatic carbocycles. The molecule has 0 fully saturated rings. The summed E-state index contributed by atoms with van der Waals surface area (Å²) in [5.41, 5.74) is 1.05. The lowest BCUT2D eigenvalue weighted by atomic mass is 10.1. The first-order valence-electron chi connectivity index (χ1n) is 6.04. The van der Waals surface area contributed by atoms with E-state index >= 15 is 0 Å². The molecule has 0 bridgehead atoms. The fraction of sp³-hybridized carbons (Fsp3) is 0.0667.